The second kappa shape index (κ2) is 10.1. The van der Waals surface area contributed by atoms with Crippen LogP contribution in [-0.4, -0.2) is 17.0 Å². The lowest BCUT2D eigenvalue weighted by Crippen LogP contribution is -2.29. The molecule has 4 rings (SSSR count). The first-order chi connectivity index (χ1) is 14.8. The predicted octanol–water partition coefficient (Wildman–Crippen LogP) is 5.24. The normalized spacial score (nSPS) is 14.9. The topological polar surface area (TPSA) is 51.2 Å². The number of nitrogens with one attached hydrogen (secondary N) is 1. The Balaban J connectivity index is 1.38. The molecule has 30 heavy (non-hydrogen) atoms. The number of amides is 1. The van der Waals surface area contributed by atoms with Gasteiger partial charge in [-0.1, -0.05) is 42.5 Å². The molecule has 0 saturated heterocycles. The summed E-state index contributed by atoms with van der Waals surface area (Å²) < 4.78 is 6.10. The Hall–Kier alpha value is -3.14. The first kappa shape index (κ1) is 20.1. The molecule has 1 heterocycles. The number of rotatable bonds is 8. The molecule has 1 saturated carbocycles. The molecule has 1 fully saturated rings. The SMILES string of the molecule is O=C(CCc1cccc(OC2CCCC2)c1)NC(c1ccccc1)c1ccncc1. The molecule has 1 N–H and O–H groups in total. The first-order valence-electron chi connectivity index (χ1n) is 10.8. The van der Waals surface area contributed by atoms with Gasteiger partial charge in [0.05, 0.1) is 12.1 Å². The molecule has 4 heteroatoms. The molecule has 1 aliphatic rings. The first-order valence-corrected chi connectivity index (χ1v) is 10.8. The van der Waals surface area contributed by atoms with Crippen molar-refractivity contribution in [3.63, 3.8) is 0 Å². The van der Waals surface area contributed by atoms with Gasteiger partial charge in [-0.05, 0) is 73.1 Å². The van der Waals surface area contributed by atoms with Gasteiger partial charge in [-0.25, -0.2) is 0 Å². The number of carbonyl (C=O) groups is 1. The predicted molar refractivity (Wildman–Crippen MR) is 118 cm³/mol. The summed E-state index contributed by atoms with van der Waals surface area (Å²) in [7, 11) is 0. The molecule has 1 amide bonds. The second-order valence-electron chi connectivity index (χ2n) is 7.86. The van der Waals surface area contributed by atoms with Crippen molar-refractivity contribution in [2.24, 2.45) is 0 Å². The molecule has 0 bridgehead atoms. The number of pyridine rings is 1. The van der Waals surface area contributed by atoms with Crippen LogP contribution in [0.3, 0.4) is 0 Å². The number of aryl methyl sites for hydroxylation is 1. The second-order valence-corrected chi connectivity index (χ2v) is 7.86. The van der Waals surface area contributed by atoms with Crippen LogP contribution < -0.4 is 10.1 Å². The van der Waals surface area contributed by atoms with E-state index >= 15 is 0 Å². The summed E-state index contributed by atoms with van der Waals surface area (Å²) in [5.41, 5.74) is 3.21. The van der Waals surface area contributed by atoms with Crippen LogP contribution in [-0.2, 0) is 11.2 Å². The fourth-order valence-electron chi connectivity index (χ4n) is 4.02. The maximum absolute atomic E-state index is 12.8. The zero-order valence-electron chi connectivity index (χ0n) is 17.2. The molecule has 154 valence electrons. The molecular weight excluding hydrogens is 372 g/mol. The minimum Gasteiger partial charge on any atom is -0.490 e. The van der Waals surface area contributed by atoms with Gasteiger partial charge in [-0.2, -0.15) is 0 Å². The molecule has 1 aliphatic carbocycles. The van der Waals surface area contributed by atoms with E-state index in [1.165, 1.54) is 12.8 Å². The third-order valence-electron chi connectivity index (χ3n) is 5.62. The summed E-state index contributed by atoms with van der Waals surface area (Å²) in [6.07, 6.45) is 9.77. The van der Waals surface area contributed by atoms with Crippen molar-refractivity contribution in [2.75, 3.05) is 0 Å². The third kappa shape index (κ3) is 5.47. The van der Waals surface area contributed by atoms with Crippen molar-refractivity contribution in [1.82, 2.24) is 10.3 Å². The van der Waals surface area contributed by atoms with Crippen LogP contribution in [0.2, 0.25) is 0 Å². The number of benzene rings is 2. The van der Waals surface area contributed by atoms with Crippen molar-refractivity contribution in [1.29, 1.82) is 0 Å². The number of ether oxygens (including phenoxy) is 1. The Morgan fingerprint density at radius 1 is 0.967 bits per heavy atom. The fourth-order valence-corrected chi connectivity index (χ4v) is 4.02. The molecule has 0 spiro atoms. The summed E-state index contributed by atoms with van der Waals surface area (Å²) in [5.74, 6) is 0.946. The van der Waals surface area contributed by atoms with Gasteiger partial charge in [0.1, 0.15) is 5.75 Å². The van der Waals surface area contributed by atoms with Gasteiger partial charge in [0.25, 0.3) is 0 Å². The fraction of sp³-hybridized carbons (Fsp3) is 0.308. The van der Waals surface area contributed by atoms with Gasteiger partial charge in [0, 0.05) is 18.8 Å². The van der Waals surface area contributed by atoms with E-state index in [0.29, 0.717) is 18.9 Å². The standard InChI is InChI=1S/C26H28N2O2/c29-25(14-13-20-7-6-12-24(19-20)30-23-10-4-5-11-23)28-26(21-8-2-1-3-9-21)22-15-17-27-18-16-22/h1-3,6-9,12,15-19,23,26H,4-5,10-11,13-14H2,(H,28,29). The monoisotopic (exact) mass is 400 g/mol. The summed E-state index contributed by atoms with van der Waals surface area (Å²) in [6.45, 7) is 0. The van der Waals surface area contributed by atoms with Crippen molar-refractivity contribution < 1.29 is 9.53 Å². The van der Waals surface area contributed by atoms with Crippen LogP contribution in [0.5, 0.6) is 5.75 Å². The van der Waals surface area contributed by atoms with E-state index in [2.05, 4.69) is 22.4 Å². The van der Waals surface area contributed by atoms with E-state index in [1.807, 2.05) is 54.6 Å². The number of hydrogen-bond donors (Lipinski definition) is 1. The zero-order valence-corrected chi connectivity index (χ0v) is 17.2. The zero-order chi connectivity index (χ0) is 20.6. The van der Waals surface area contributed by atoms with E-state index in [-0.39, 0.29) is 11.9 Å². The summed E-state index contributed by atoms with van der Waals surface area (Å²) in [4.78, 5) is 16.9. The largest absolute Gasteiger partial charge is 0.490 e. The Morgan fingerprint density at radius 2 is 1.70 bits per heavy atom. The maximum atomic E-state index is 12.8. The highest BCUT2D eigenvalue weighted by molar-refractivity contribution is 5.77. The quantitative estimate of drug-likeness (QED) is 0.562. The van der Waals surface area contributed by atoms with Crippen LogP contribution in [0.25, 0.3) is 0 Å². The lowest BCUT2D eigenvalue weighted by Gasteiger charge is -2.20. The molecule has 4 nitrogen and oxygen atoms in total. The van der Waals surface area contributed by atoms with Crippen LogP contribution in [0.15, 0.2) is 79.1 Å². The Morgan fingerprint density at radius 3 is 2.47 bits per heavy atom. The van der Waals surface area contributed by atoms with Crippen LogP contribution in [0.4, 0.5) is 0 Å². The molecule has 3 aromatic rings. The molecule has 0 radical (unpaired) electrons. The van der Waals surface area contributed by atoms with Crippen molar-refractivity contribution in [2.45, 2.75) is 50.7 Å². The van der Waals surface area contributed by atoms with Crippen molar-refractivity contribution in [3.8, 4) is 5.75 Å². The molecule has 0 aliphatic heterocycles. The van der Waals surface area contributed by atoms with Crippen molar-refractivity contribution in [3.05, 3.63) is 95.8 Å². The molecule has 1 unspecified atom stereocenters. The van der Waals surface area contributed by atoms with E-state index in [4.69, 9.17) is 4.74 Å². The van der Waals surface area contributed by atoms with E-state index in [9.17, 15) is 4.79 Å². The van der Waals surface area contributed by atoms with Crippen LogP contribution >= 0.6 is 0 Å². The van der Waals surface area contributed by atoms with Gasteiger partial charge >= 0.3 is 0 Å². The number of hydrogen-bond acceptors (Lipinski definition) is 3. The lowest BCUT2D eigenvalue weighted by molar-refractivity contribution is -0.121. The van der Waals surface area contributed by atoms with Gasteiger partial charge in [-0.3, -0.25) is 9.78 Å². The van der Waals surface area contributed by atoms with E-state index in [1.54, 1.807) is 12.4 Å². The van der Waals surface area contributed by atoms with Crippen molar-refractivity contribution >= 4 is 5.91 Å². The minimum absolute atomic E-state index is 0.0304. The lowest BCUT2D eigenvalue weighted by atomic mass is 9.99. The smallest absolute Gasteiger partial charge is 0.221 e. The minimum atomic E-state index is -0.182. The number of aromatic nitrogens is 1. The van der Waals surface area contributed by atoms with E-state index < -0.39 is 0 Å². The summed E-state index contributed by atoms with van der Waals surface area (Å²) in [6, 6.07) is 21.9. The van der Waals surface area contributed by atoms with Gasteiger partial charge in [-0.15, -0.1) is 0 Å². The van der Waals surface area contributed by atoms with E-state index in [0.717, 1.165) is 35.3 Å². The molecule has 1 aromatic heterocycles. The van der Waals surface area contributed by atoms with Crippen LogP contribution in [0.1, 0.15) is 54.8 Å². The van der Waals surface area contributed by atoms with Gasteiger partial charge in [0.15, 0.2) is 0 Å². The number of nitrogens with zero attached hydrogens (tertiary/aromatic N) is 1. The highest BCUT2D eigenvalue weighted by Gasteiger charge is 2.18. The van der Waals surface area contributed by atoms with Gasteiger partial charge in [0.2, 0.25) is 5.91 Å². The molecule has 2 aromatic carbocycles. The summed E-state index contributed by atoms with van der Waals surface area (Å²) >= 11 is 0. The number of carbonyl (C=O) groups excluding carboxylic acids is 1. The summed E-state index contributed by atoms with van der Waals surface area (Å²) in [5, 5.41) is 3.20. The highest BCUT2D eigenvalue weighted by Crippen LogP contribution is 2.25. The average molecular weight is 401 g/mol. The Kier molecular flexibility index (Phi) is 6.75. The molecular formula is C26H28N2O2. The Bertz CT molecular complexity index is 898. The average Bonchev–Trinajstić information content (AvgIpc) is 3.30. The van der Waals surface area contributed by atoms with Gasteiger partial charge < -0.3 is 10.1 Å². The Labute approximate surface area is 178 Å². The maximum Gasteiger partial charge on any atom is 0.221 e. The van der Waals surface area contributed by atoms with Crippen LogP contribution in [0, 0.1) is 0 Å². The highest BCUT2D eigenvalue weighted by atomic mass is 16.5. The third-order valence-corrected chi connectivity index (χ3v) is 5.62. The molecule has 1 atom stereocenters.